The van der Waals surface area contributed by atoms with E-state index in [1.165, 1.54) is 18.3 Å². The molecule has 2 rings (SSSR count). The van der Waals surface area contributed by atoms with Crippen molar-refractivity contribution in [3.05, 3.63) is 34.2 Å². The van der Waals surface area contributed by atoms with Crippen LogP contribution in [0.3, 0.4) is 0 Å². The van der Waals surface area contributed by atoms with Crippen LogP contribution in [0.2, 0.25) is 0 Å². The van der Waals surface area contributed by atoms with E-state index in [2.05, 4.69) is 26.4 Å². The van der Waals surface area contributed by atoms with Crippen molar-refractivity contribution in [2.24, 2.45) is 10.2 Å². The normalized spacial score (nSPS) is 14.7. The van der Waals surface area contributed by atoms with Crippen LogP contribution in [-0.2, 0) is 0 Å². The van der Waals surface area contributed by atoms with E-state index in [0.717, 1.165) is 6.42 Å². The van der Waals surface area contributed by atoms with E-state index in [0.29, 0.717) is 24.9 Å². The molecule has 1 aromatic heterocycles. The van der Waals surface area contributed by atoms with Gasteiger partial charge in [-0.15, -0.1) is 12.3 Å². The molecule has 0 saturated heterocycles. The van der Waals surface area contributed by atoms with Gasteiger partial charge in [0.05, 0.1) is 5.56 Å². The van der Waals surface area contributed by atoms with Crippen LogP contribution in [-0.4, -0.2) is 23.1 Å². The zero-order valence-corrected chi connectivity index (χ0v) is 10.3. The molecule has 0 saturated carbocycles. The highest BCUT2D eigenvalue weighted by molar-refractivity contribution is 5.93. The minimum atomic E-state index is -0.384. The van der Waals surface area contributed by atoms with E-state index in [1.54, 1.807) is 0 Å². The van der Waals surface area contributed by atoms with Crippen molar-refractivity contribution in [3.63, 3.8) is 0 Å². The molecule has 1 aromatic rings. The third-order valence-electron chi connectivity index (χ3n) is 2.91. The lowest BCUT2D eigenvalue weighted by molar-refractivity contribution is 0.0951. The first-order chi connectivity index (χ1) is 9.15. The van der Waals surface area contributed by atoms with Crippen molar-refractivity contribution in [1.29, 1.82) is 0 Å². The number of hydrogen-bond acceptors (Lipinski definition) is 4. The molecular weight excluding hydrogens is 244 g/mol. The van der Waals surface area contributed by atoms with E-state index in [9.17, 15) is 9.59 Å². The second-order valence-electron chi connectivity index (χ2n) is 4.33. The molecule has 6 heteroatoms. The molecule has 0 aromatic carbocycles. The van der Waals surface area contributed by atoms with Gasteiger partial charge in [0.1, 0.15) is 0 Å². The number of amides is 1. The number of nitrogens with zero attached hydrogens (tertiary/aromatic N) is 2. The number of H-pyrrole nitrogens is 1. The summed E-state index contributed by atoms with van der Waals surface area (Å²) in [6, 6.07) is 2.79. The fourth-order valence-electron chi connectivity index (χ4n) is 1.70. The Bertz CT molecular complexity index is 571. The highest BCUT2D eigenvalue weighted by Crippen LogP contribution is 2.35. The van der Waals surface area contributed by atoms with Crippen LogP contribution in [0.1, 0.15) is 29.6 Å². The number of aromatic nitrogens is 1. The van der Waals surface area contributed by atoms with E-state index in [4.69, 9.17) is 6.42 Å². The molecule has 6 nitrogen and oxygen atoms in total. The quantitative estimate of drug-likeness (QED) is 0.748. The van der Waals surface area contributed by atoms with Crippen LogP contribution in [0.4, 0.5) is 0 Å². The number of carbonyl (C=O) groups is 1. The minimum Gasteiger partial charge on any atom is -0.352 e. The highest BCUT2D eigenvalue weighted by Gasteiger charge is 2.38. The highest BCUT2D eigenvalue weighted by atomic mass is 16.1. The Morgan fingerprint density at radius 1 is 1.42 bits per heavy atom. The lowest BCUT2D eigenvalue weighted by atomic mass is 10.0. The largest absolute Gasteiger partial charge is 0.352 e. The molecule has 1 aliphatic rings. The summed E-state index contributed by atoms with van der Waals surface area (Å²) in [5, 5.41) is 10.7. The molecule has 1 amide bonds. The maximum absolute atomic E-state index is 11.7. The van der Waals surface area contributed by atoms with Crippen molar-refractivity contribution in [1.82, 2.24) is 10.3 Å². The van der Waals surface area contributed by atoms with Gasteiger partial charge in [0.25, 0.3) is 5.91 Å². The predicted molar refractivity (Wildman–Crippen MR) is 69.7 cm³/mol. The molecule has 19 heavy (non-hydrogen) atoms. The molecule has 0 bridgehead atoms. The van der Waals surface area contributed by atoms with Gasteiger partial charge in [0, 0.05) is 38.1 Å². The van der Waals surface area contributed by atoms with Crippen LogP contribution in [0.5, 0.6) is 0 Å². The zero-order valence-electron chi connectivity index (χ0n) is 10.3. The molecule has 0 radical (unpaired) electrons. The molecule has 0 atom stereocenters. The number of carbonyl (C=O) groups excluding carboxylic acids is 1. The van der Waals surface area contributed by atoms with E-state index >= 15 is 0 Å². The van der Waals surface area contributed by atoms with Crippen molar-refractivity contribution < 1.29 is 4.79 Å². The second kappa shape index (κ2) is 5.48. The Labute approximate surface area is 110 Å². The first-order valence-electron chi connectivity index (χ1n) is 6.00. The summed E-state index contributed by atoms with van der Waals surface area (Å²) in [4.78, 5) is 25.1. The Balaban J connectivity index is 1.77. The average Bonchev–Trinajstić information content (AvgIpc) is 3.17. The molecule has 0 spiro atoms. The topological polar surface area (TPSA) is 86.7 Å². The van der Waals surface area contributed by atoms with Gasteiger partial charge in [-0.1, -0.05) is 0 Å². The summed E-state index contributed by atoms with van der Waals surface area (Å²) in [5.41, 5.74) is -0.202. The van der Waals surface area contributed by atoms with E-state index < -0.39 is 0 Å². The van der Waals surface area contributed by atoms with Gasteiger partial charge in [-0.05, 0) is 6.07 Å². The fourth-order valence-corrected chi connectivity index (χ4v) is 1.70. The number of hydrogen-bond donors (Lipinski definition) is 2. The molecule has 2 N–H and O–H groups in total. The summed E-state index contributed by atoms with van der Waals surface area (Å²) in [7, 11) is 0. The fraction of sp³-hybridized carbons (Fsp3) is 0.385. The summed E-state index contributed by atoms with van der Waals surface area (Å²) in [5.74, 6) is 2.32. The standard InChI is InChI=1S/C13H14N4O2/c1-2-3-6-13(16-17-13)7-8-14-12(19)10-4-5-11(18)15-9-10/h1,4-5,9H,3,6-8H2,(H,14,19)(H,15,18). The van der Waals surface area contributed by atoms with Crippen LogP contribution < -0.4 is 10.9 Å². The van der Waals surface area contributed by atoms with E-state index in [-0.39, 0.29) is 17.1 Å². The Morgan fingerprint density at radius 2 is 2.21 bits per heavy atom. The van der Waals surface area contributed by atoms with Gasteiger partial charge < -0.3 is 10.3 Å². The van der Waals surface area contributed by atoms with Gasteiger partial charge >= 0.3 is 0 Å². The third kappa shape index (κ3) is 3.52. The second-order valence-corrected chi connectivity index (χ2v) is 4.33. The first kappa shape index (κ1) is 13.0. The van der Waals surface area contributed by atoms with Crippen LogP contribution in [0.25, 0.3) is 0 Å². The first-order valence-corrected chi connectivity index (χ1v) is 6.00. The van der Waals surface area contributed by atoms with Gasteiger partial charge in [-0.2, -0.15) is 10.2 Å². The minimum absolute atomic E-state index is 0.232. The van der Waals surface area contributed by atoms with Crippen molar-refractivity contribution in [3.8, 4) is 12.3 Å². The number of aromatic amines is 1. The summed E-state index contributed by atoms with van der Waals surface area (Å²) < 4.78 is 0. The zero-order chi connectivity index (χ0) is 13.7. The maximum Gasteiger partial charge on any atom is 0.252 e. The molecule has 1 aliphatic heterocycles. The van der Waals surface area contributed by atoms with Gasteiger partial charge in [-0.3, -0.25) is 9.59 Å². The monoisotopic (exact) mass is 258 g/mol. The summed E-state index contributed by atoms with van der Waals surface area (Å²) in [6.45, 7) is 0.468. The predicted octanol–water partition coefficient (Wildman–Crippen LogP) is 1.07. The molecule has 98 valence electrons. The van der Waals surface area contributed by atoms with Gasteiger partial charge in [0.15, 0.2) is 5.66 Å². The smallest absolute Gasteiger partial charge is 0.252 e. The number of pyridine rings is 1. The third-order valence-corrected chi connectivity index (χ3v) is 2.91. The Morgan fingerprint density at radius 3 is 2.79 bits per heavy atom. The van der Waals surface area contributed by atoms with Gasteiger partial charge in [-0.25, -0.2) is 0 Å². The van der Waals surface area contributed by atoms with Crippen LogP contribution in [0, 0.1) is 12.3 Å². The number of terminal acetylenes is 1. The van der Waals surface area contributed by atoms with E-state index in [1.807, 2.05) is 0 Å². The molecule has 0 aliphatic carbocycles. The molecule has 2 heterocycles. The molecular formula is C13H14N4O2. The van der Waals surface area contributed by atoms with Gasteiger partial charge in [0.2, 0.25) is 5.56 Å². The molecule has 0 fully saturated rings. The van der Waals surface area contributed by atoms with Crippen LogP contribution in [0.15, 0.2) is 33.4 Å². The Kier molecular flexibility index (Phi) is 3.76. The van der Waals surface area contributed by atoms with Crippen molar-refractivity contribution in [2.75, 3.05) is 6.54 Å². The summed E-state index contributed by atoms with van der Waals surface area (Å²) >= 11 is 0. The Hall–Kier alpha value is -2.42. The number of nitrogens with one attached hydrogen (secondary N) is 2. The lowest BCUT2D eigenvalue weighted by Gasteiger charge is -2.09. The summed E-state index contributed by atoms with van der Waals surface area (Å²) in [6.07, 6.45) is 8.57. The van der Waals surface area contributed by atoms with Crippen molar-refractivity contribution >= 4 is 5.91 Å². The van der Waals surface area contributed by atoms with Crippen LogP contribution >= 0.6 is 0 Å². The maximum atomic E-state index is 11.7. The lowest BCUT2D eigenvalue weighted by Crippen LogP contribution is -2.28. The SMILES string of the molecule is C#CCCC1(CCNC(=O)c2ccc(=O)[nH]c2)N=N1. The number of rotatable bonds is 6. The average molecular weight is 258 g/mol. The molecule has 0 unspecified atom stereocenters. The van der Waals surface area contributed by atoms with Crippen molar-refractivity contribution in [2.45, 2.75) is 24.9 Å².